The summed E-state index contributed by atoms with van der Waals surface area (Å²) in [6.07, 6.45) is 1.27. The summed E-state index contributed by atoms with van der Waals surface area (Å²) >= 11 is 3.36. The van der Waals surface area contributed by atoms with Gasteiger partial charge in [0.25, 0.3) is 5.91 Å². The molecule has 1 aliphatic heterocycles. The molecule has 2 amide bonds. The zero-order chi connectivity index (χ0) is 14.5. The van der Waals surface area contributed by atoms with Gasteiger partial charge in [0, 0.05) is 19.0 Å². The van der Waals surface area contributed by atoms with Crippen molar-refractivity contribution < 1.29 is 14.3 Å². The number of halogens is 1. The molecule has 2 N–H and O–H groups in total. The van der Waals surface area contributed by atoms with E-state index in [1.807, 2.05) is 18.2 Å². The van der Waals surface area contributed by atoms with Crippen LogP contribution in [0.25, 0.3) is 0 Å². The van der Waals surface area contributed by atoms with Crippen LogP contribution in [0.5, 0.6) is 5.75 Å². The quantitative estimate of drug-likeness (QED) is 0.903. The lowest BCUT2D eigenvalue weighted by Crippen LogP contribution is -2.43. The number of nitrogens with two attached hydrogens (primary N) is 1. The zero-order valence-corrected chi connectivity index (χ0v) is 12.6. The first-order valence-electron chi connectivity index (χ1n) is 6.52. The van der Waals surface area contributed by atoms with Gasteiger partial charge in [0.2, 0.25) is 5.91 Å². The van der Waals surface area contributed by atoms with Crippen molar-refractivity contribution >= 4 is 27.7 Å². The van der Waals surface area contributed by atoms with E-state index in [2.05, 4.69) is 15.9 Å². The Morgan fingerprint density at radius 2 is 1.95 bits per heavy atom. The van der Waals surface area contributed by atoms with E-state index in [1.165, 1.54) is 0 Å². The Bertz CT molecular complexity index is 499. The fourth-order valence-corrected chi connectivity index (χ4v) is 2.61. The van der Waals surface area contributed by atoms with Crippen LogP contribution in [0, 0.1) is 5.92 Å². The third kappa shape index (κ3) is 3.72. The highest BCUT2D eigenvalue weighted by molar-refractivity contribution is 9.10. The Kier molecular flexibility index (Phi) is 5.00. The third-order valence-corrected chi connectivity index (χ3v) is 4.09. The number of carbonyl (C=O) groups is 2. The number of nitrogens with zero attached hydrogens (tertiary/aromatic N) is 1. The number of para-hydroxylation sites is 1. The van der Waals surface area contributed by atoms with Gasteiger partial charge in [0.05, 0.1) is 4.47 Å². The van der Waals surface area contributed by atoms with E-state index in [9.17, 15) is 9.59 Å². The van der Waals surface area contributed by atoms with Gasteiger partial charge in [0.1, 0.15) is 5.75 Å². The third-order valence-electron chi connectivity index (χ3n) is 3.44. The maximum Gasteiger partial charge on any atom is 0.260 e. The molecule has 2 rings (SSSR count). The van der Waals surface area contributed by atoms with Gasteiger partial charge in [-0.2, -0.15) is 0 Å². The molecule has 1 aromatic carbocycles. The molecule has 1 fully saturated rings. The van der Waals surface area contributed by atoms with Crippen LogP contribution in [-0.4, -0.2) is 36.4 Å². The largest absolute Gasteiger partial charge is 0.483 e. The molecule has 20 heavy (non-hydrogen) atoms. The lowest BCUT2D eigenvalue weighted by atomic mass is 9.96. The van der Waals surface area contributed by atoms with Gasteiger partial charge in [-0.15, -0.1) is 0 Å². The fraction of sp³-hybridized carbons (Fsp3) is 0.429. The van der Waals surface area contributed by atoms with E-state index < -0.39 is 0 Å². The van der Waals surface area contributed by atoms with E-state index in [1.54, 1.807) is 11.0 Å². The smallest absolute Gasteiger partial charge is 0.260 e. The SMILES string of the molecule is NC(=O)C1CCN(C(=O)COc2ccccc2Br)CC1. The van der Waals surface area contributed by atoms with Crippen molar-refractivity contribution in [1.82, 2.24) is 4.90 Å². The van der Waals surface area contributed by atoms with Gasteiger partial charge < -0.3 is 15.4 Å². The number of carbonyl (C=O) groups excluding carboxylic acids is 2. The van der Waals surface area contributed by atoms with Crippen molar-refractivity contribution in [3.8, 4) is 5.75 Å². The summed E-state index contributed by atoms with van der Waals surface area (Å²) in [7, 11) is 0. The van der Waals surface area contributed by atoms with E-state index in [0.717, 1.165) is 4.47 Å². The second-order valence-electron chi connectivity index (χ2n) is 4.78. The molecule has 0 spiro atoms. The van der Waals surface area contributed by atoms with Crippen LogP contribution >= 0.6 is 15.9 Å². The molecule has 1 aliphatic rings. The van der Waals surface area contributed by atoms with Gasteiger partial charge in [0.15, 0.2) is 6.61 Å². The highest BCUT2D eigenvalue weighted by Gasteiger charge is 2.25. The van der Waals surface area contributed by atoms with Crippen LogP contribution in [0.4, 0.5) is 0 Å². The molecule has 6 heteroatoms. The first-order valence-corrected chi connectivity index (χ1v) is 7.31. The number of primary amides is 1. The minimum absolute atomic E-state index is 0.00382. The Hall–Kier alpha value is -1.56. The van der Waals surface area contributed by atoms with Crippen molar-refractivity contribution in [3.63, 3.8) is 0 Å². The second-order valence-corrected chi connectivity index (χ2v) is 5.63. The van der Waals surface area contributed by atoms with Crippen LogP contribution in [0.15, 0.2) is 28.7 Å². The van der Waals surface area contributed by atoms with Crippen LogP contribution in [-0.2, 0) is 9.59 Å². The number of likely N-dealkylation sites (tertiary alicyclic amines) is 1. The lowest BCUT2D eigenvalue weighted by molar-refractivity contribution is -0.136. The molecule has 1 saturated heterocycles. The van der Waals surface area contributed by atoms with Gasteiger partial charge in [-0.25, -0.2) is 0 Å². The number of benzene rings is 1. The Morgan fingerprint density at radius 3 is 2.55 bits per heavy atom. The van der Waals surface area contributed by atoms with Crippen molar-refractivity contribution in [2.24, 2.45) is 11.7 Å². The number of hydrogen-bond acceptors (Lipinski definition) is 3. The summed E-state index contributed by atoms with van der Waals surface area (Å²) in [5.41, 5.74) is 5.27. The lowest BCUT2D eigenvalue weighted by Gasteiger charge is -2.30. The number of rotatable bonds is 4. The van der Waals surface area contributed by atoms with Crippen LogP contribution in [0.3, 0.4) is 0 Å². The molecule has 108 valence electrons. The van der Waals surface area contributed by atoms with Crippen LogP contribution in [0.2, 0.25) is 0 Å². The molecule has 0 aromatic heterocycles. The molecule has 0 unspecified atom stereocenters. The highest BCUT2D eigenvalue weighted by atomic mass is 79.9. The average molecular weight is 341 g/mol. The van der Waals surface area contributed by atoms with Crippen LogP contribution in [0.1, 0.15) is 12.8 Å². The summed E-state index contributed by atoms with van der Waals surface area (Å²) in [5.74, 6) is 0.196. The van der Waals surface area contributed by atoms with Gasteiger partial charge in [-0.1, -0.05) is 12.1 Å². The van der Waals surface area contributed by atoms with E-state index in [4.69, 9.17) is 10.5 Å². The zero-order valence-electron chi connectivity index (χ0n) is 11.0. The average Bonchev–Trinajstić information content (AvgIpc) is 2.46. The first kappa shape index (κ1) is 14.8. The molecular formula is C14H17BrN2O3. The Labute approximate surface area is 126 Å². The molecule has 0 atom stereocenters. The predicted octanol–water partition coefficient (Wildman–Crippen LogP) is 1.55. The summed E-state index contributed by atoms with van der Waals surface area (Å²) < 4.78 is 6.32. The summed E-state index contributed by atoms with van der Waals surface area (Å²) in [4.78, 5) is 24.8. The molecular weight excluding hydrogens is 324 g/mol. The van der Waals surface area contributed by atoms with E-state index >= 15 is 0 Å². The maximum absolute atomic E-state index is 12.0. The van der Waals surface area contributed by atoms with Crippen molar-refractivity contribution in [2.75, 3.05) is 19.7 Å². The molecule has 0 aliphatic carbocycles. The van der Waals surface area contributed by atoms with Crippen LogP contribution < -0.4 is 10.5 Å². The normalized spacial score (nSPS) is 15.9. The molecule has 0 radical (unpaired) electrons. The molecule has 1 aromatic rings. The topological polar surface area (TPSA) is 72.6 Å². The van der Waals surface area contributed by atoms with Crippen molar-refractivity contribution in [1.29, 1.82) is 0 Å². The van der Waals surface area contributed by atoms with Gasteiger partial charge >= 0.3 is 0 Å². The minimum atomic E-state index is -0.276. The minimum Gasteiger partial charge on any atom is -0.483 e. The fourth-order valence-electron chi connectivity index (χ4n) is 2.21. The summed E-state index contributed by atoms with van der Waals surface area (Å²) in [6, 6.07) is 7.39. The highest BCUT2D eigenvalue weighted by Crippen LogP contribution is 2.24. The standard InChI is InChI=1S/C14H17BrN2O3/c15-11-3-1-2-4-12(11)20-9-13(18)17-7-5-10(6-8-17)14(16)19/h1-4,10H,5-9H2,(H2,16,19). The van der Waals surface area contributed by atoms with E-state index in [-0.39, 0.29) is 24.3 Å². The number of hydrogen-bond donors (Lipinski definition) is 1. The maximum atomic E-state index is 12.0. The van der Waals surface area contributed by atoms with Crippen molar-refractivity contribution in [3.05, 3.63) is 28.7 Å². The predicted molar refractivity (Wildman–Crippen MR) is 78.1 cm³/mol. The summed E-state index contributed by atoms with van der Waals surface area (Å²) in [6.45, 7) is 1.13. The molecule has 5 nitrogen and oxygen atoms in total. The number of ether oxygens (including phenoxy) is 1. The Morgan fingerprint density at radius 1 is 1.30 bits per heavy atom. The monoisotopic (exact) mass is 340 g/mol. The molecule has 0 bridgehead atoms. The summed E-state index contributed by atoms with van der Waals surface area (Å²) in [5, 5.41) is 0. The Balaban J connectivity index is 1.82. The van der Waals surface area contributed by atoms with Crippen molar-refractivity contribution in [2.45, 2.75) is 12.8 Å². The second kappa shape index (κ2) is 6.74. The number of amides is 2. The van der Waals surface area contributed by atoms with Gasteiger partial charge in [-0.3, -0.25) is 9.59 Å². The number of piperidine rings is 1. The molecule has 0 saturated carbocycles. The van der Waals surface area contributed by atoms with Gasteiger partial charge in [-0.05, 0) is 40.9 Å². The first-order chi connectivity index (χ1) is 9.58. The van der Waals surface area contributed by atoms with E-state index in [0.29, 0.717) is 31.7 Å². The molecule has 1 heterocycles.